The highest BCUT2D eigenvalue weighted by Crippen LogP contribution is 2.25. The van der Waals surface area contributed by atoms with E-state index in [4.69, 9.17) is 17.3 Å². The number of rotatable bonds is 4. The summed E-state index contributed by atoms with van der Waals surface area (Å²) in [5.41, 5.74) is 6.67. The highest BCUT2D eigenvalue weighted by Gasteiger charge is 2.12. The van der Waals surface area contributed by atoms with Crippen molar-refractivity contribution in [3.05, 3.63) is 64.4 Å². The lowest BCUT2D eigenvalue weighted by Gasteiger charge is -2.17. The van der Waals surface area contributed by atoms with Crippen LogP contribution in [0.2, 0.25) is 5.02 Å². The summed E-state index contributed by atoms with van der Waals surface area (Å²) in [6.07, 6.45) is 0. The quantitative estimate of drug-likeness (QED) is 0.901. The van der Waals surface area contributed by atoms with Crippen molar-refractivity contribution in [1.29, 1.82) is 0 Å². The van der Waals surface area contributed by atoms with Crippen molar-refractivity contribution in [1.82, 2.24) is 0 Å². The average molecular weight is 293 g/mol. The van der Waals surface area contributed by atoms with Crippen molar-refractivity contribution in [3.8, 4) is 0 Å². The largest absolute Gasteiger partial charge is 0.378 e. The van der Waals surface area contributed by atoms with Gasteiger partial charge >= 0.3 is 0 Å². The minimum atomic E-state index is -0.600. The van der Waals surface area contributed by atoms with E-state index in [1.807, 2.05) is 6.92 Å². The minimum absolute atomic E-state index is 0.234. The van der Waals surface area contributed by atoms with E-state index >= 15 is 0 Å². The van der Waals surface area contributed by atoms with Gasteiger partial charge in [-0.25, -0.2) is 4.39 Å². The summed E-state index contributed by atoms with van der Waals surface area (Å²) < 4.78 is 13.7. The molecule has 2 aromatic rings. The molecule has 0 aromatic heterocycles. The van der Waals surface area contributed by atoms with Crippen molar-refractivity contribution in [3.63, 3.8) is 0 Å². The van der Waals surface area contributed by atoms with Crippen LogP contribution in [0.15, 0.2) is 42.5 Å². The van der Waals surface area contributed by atoms with E-state index in [1.165, 1.54) is 6.07 Å². The Labute approximate surface area is 121 Å². The Kier molecular flexibility index (Phi) is 4.25. The fourth-order valence-corrected chi connectivity index (χ4v) is 2.17. The lowest BCUT2D eigenvalue weighted by atomic mass is 10.1. The zero-order valence-corrected chi connectivity index (χ0v) is 11.6. The molecule has 20 heavy (non-hydrogen) atoms. The maximum absolute atomic E-state index is 13.7. The number of anilines is 1. The summed E-state index contributed by atoms with van der Waals surface area (Å²) in [6, 6.07) is 11.1. The third-order valence-electron chi connectivity index (χ3n) is 2.99. The Morgan fingerprint density at radius 1 is 1.30 bits per heavy atom. The summed E-state index contributed by atoms with van der Waals surface area (Å²) in [4.78, 5) is 11.2. The van der Waals surface area contributed by atoms with Gasteiger partial charge in [-0.1, -0.05) is 29.8 Å². The van der Waals surface area contributed by atoms with Gasteiger partial charge in [0.2, 0.25) is 5.91 Å². The highest BCUT2D eigenvalue weighted by molar-refractivity contribution is 6.33. The number of halogens is 2. The number of primary amides is 1. The first-order valence-electron chi connectivity index (χ1n) is 6.09. The van der Waals surface area contributed by atoms with E-state index in [9.17, 15) is 9.18 Å². The SMILES string of the molecule is CC(Nc1ccc(Cl)c(C(N)=O)c1)c1ccccc1F. The number of carbonyl (C=O) groups is 1. The second kappa shape index (κ2) is 5.92. The van der Waals surface area contributed by atoms with Gasteiger partial charge in [0.15, 0.2) is 0 Å². The van der Waals surface area contributed by atoms with Crippen LogP contribution < -0.4 is 11.1 Å². The lowest BCUT2D eigenvalue weighted by molar-refractivity contribution is 0.100. The van der Waals surface area contributed by atoms with Crippen LogP contribution in [-0.4, -0.2) is 5.91 Å². The Morgan fingerprint density at radius 2 is 2.00 bits per heavy atom. The van der Waals surface area contributed by atoms with E-state index in [-0.39, 0.29) is 17.4 Å². The molecular formula is C15H14ClFN2O. The van der Waals surface area contributed by atoms with Crippen molar-refractivity contribution in [2.75, 3.05) is 5.32 Å². The Hall–Kier alpha value is -2.07. The van der Waals surface area contributed by atoms with Gasteiger partial charge in [0.1, 0.15) is 5.82 Å². The Bertz CT molecular complexity index is 646. The topological polar surface area (TPSA) is 55.1 Å². The van der Waals surface area contributed by atoms with Gasteiger partial charge in [-0.15, -0.1) is 0 Å². The van der Waals surface area contributed by atoms with Gasteiger partial charge in [0.05, 0.1) is 16.6 Å². The monoisotopic (exact) mass is 292 g/mol. The molecule has 0 aliphatic carbocycles. The molecule has 104 valence electrons. The first kappa shape index (κ1) is 14.3. The maximum Gasteiger partial charge on any atom is 0.250 e. The average Bonchev–Trinajstić information content (AvgIpc) is 2.41. The van der Waals surface area contributed by atoms with E-state index in [0.717, 1.165) is 0 Å². The van der Waals surface area contributed by atoms with E-state index in [0.29, 0.717) is 16.3 Å². The molecule has 0 fully saturated rings. The fourth-order valence-electron chi connectivity index (χ4n) is 1.96. The molecule has 1 atom stereocenters. The molecule has 0 radical (unpaired) electrons. The Morgan fingerprint density at radius 3 is 2.65 bits per heavy atom. The van der Waals surface area contributed by atoms with Crippen LogP contribution >= 0.6 is 11.6 Å². The normalized spacial score (nSPS) is 11.9. The van der Waals surface area contributed by atoms with Crippen LogP contribution in [0.3, 0.4) is 0 Å². The van der Waals surface area contributed by atoms with Crippen LogP contribution in [0.5, 0.6) is 0 Å². The van der Waals surface area contributed by atoms with Gasteiger partial charge < -0.3 is 11.1 Å². The molecule has 0 bridgehead atoms. The molecule has 3 nitrogen and oxygen atoms in total. The molecule has 0 heterocycles. The third-order valence-corrected chi connectivity index (χ3v) is 3.32. The molecular weight excluding hydrogens is 279 g/mol. The zero-order valence-electron chi connectivity index (χ0n) is 10.9. The predicted molar refractivity (Wildman–Crippen MR) is 78.4 cm³/mol. The third kappa shape index (κ3) is 3.08. The second-order valence-electron chi connectivity index (χ2n) is 4.45. The summed E-state index contributed by atoms with van der Waals surface area (Å²) in [5, 5.41) is 3.41. The molecule has 0 spiro atoms. The fraction of sp³-hybridized carbons (Fsp3) is 0.133. The van der Waals surface area contributed by atoms with Gasteiger partial charge in [0, 0.05) is 11.3 Å². The number of nitrogens with one attached hydrogen (secondary N) is 1. The maximum atomic E-state index is 13.7. The van der Waals surface area contributed by atoms with Crippen LogP contribution in [0.25, 0.3) is 0 Å². The van der Waals surface area contributed by atoms with Crippen molar-refractivity contribution < 1.29 is 9.18 Å². The minimum Gasteiger partial charge on any atom is -0.378 e. The van der Waals surface area contributed by atoms with Crippen LogP contribution in [-0.2, 0) is 0 Å². The van der Waals surface area contributed by atoms with Crippen LogP contribution in [0.4, 0.5) is 10.1 Å². The van der Waals surface area contributed by atoms with Crippen molar-refractivity contribution in [2.24, 2.45) is 5.73 Å². The molecule has 0 saturated carbocycles. The number of hydrogen-bond donors (Lipinski definition) is 2. The number of nitrogens with two attached hydrogens (primary N) is 1. The molecule has 0 aliphatic heterocycles. The predicted octanol–water partition coefficient (Wildman–Crippen LogP) is 3.75. The summed E-state index contributed by atoms with van der Waals surface area (Å²) >= 11 is 5.88. The van der Waals surface area contributed by atoms with Crippen molar-refractivity contribution >= 4 is 23.2 Å². The molecule has 0 saturated heterocycles. The van der Waals surface area contributed by atoms with Gasteiger partial charge in [-0.05, 0) is 31.2 Å². The molecule has 3 N–H and O–H groups in total. The van der Waals surface area contributed by atoms with Crippen LogP contribution in [0, 0.1) is 5.82 Å². The molecule has 0 aliphatic rings. The number of hydrogen-bond acceptors (Lipinski definition) is 2. The van der Waals surface area contributed by atoms with E-state index in [1.54, 1.807) is 36.4 Å². The lowest BCUT2D eigenvalue weighted by Crippen LogP contribution is -2.13. The number of amides is 1. The summed E-state index contributed by atoms with van der Waals surface area (Å²) in [6.45, 7) is 1.83. The number of benzene rings is 2. The first-order valence-corrected chi connectivity index (χ1v) is 6.47. The second-order valence-corrected chi connectivity index (χ2v) is 4.85. The van der Waals surface area contributed by atoms with Crippen LogP contribution in [0.1, 0.15) is 28.9 Å². The van der Waals surface area contributed by atoms with Crippen molar-refractivity contribution in [2.45, 2.75) is 13.0 Å². The molecule has 1 unspecified atom stereocenters. The summed E-state index contributed by atoms with van der Waals surface area (Å²) in [5.74, 6) is -0.881. The molecule has 2 rings (SSSR count). The van der Waals surface area contributed by atoms with E-state index < -0.39 is 5.91 Å². The smallest absolute Gasteiger partial charge is 0.250 e. The molecule has 1 amide bonds. The highest BCUT2D eigenvalue weighted by atomic mass is 35.5. The summed E-state index contributed by atoms with van der Waals surface area (Å²) in [7, 11) is 0. The van der Waals surface area contributed by atoms with Gasteiger partial charge in [-0.2, -0.15) is 0 Å². The Balaban J connectivity index is 2.24. The number of carbonyl (C=O) groups excluding carboxylic acids is 1. The van der Waals surface area contributed by atoms with E-state index in [2.05, 4.69) is 5.32 Å². The standard InChI is InChI=1S/C15H14ClFN2O/c1-9(11-4-2-3-5-14(11)17)19-10-6-7-13(16)12(8-10)15(18)20/h2-9,19H,1H3,(H2,18,20). The molecule has 2 aromatic carbocycles. The zero-order chi connectivity index (χ0) is 14.7. The van der Waals surface area contributed by atoms with Gasteiger partial charge in [0.25, 0.3) is 0 Å². The van der Waals surface area contributed by atoms with Gasteiger partial charge in [-0.3, -0.25) is 4.79 Å². The molecule has 5 heteroatoms. The first-order chi connectivity index (χ1) is 9.49.